The predicted molar refractivity (Wildman–Crippen MR) is 169 cm³/mol. The van der Waals surface area contributed by atoms with Gasteiger partial charge in [0.2, 0.25) is 0 Å². The van der Waals surface area contributed by atoms with Crippen LogP contribution in [0.4, 0.5) is 5.69 Å². The van der Waals surface area contributed by atoms with Crippen molar-refractivity contribution in [1.29, 1.82) is 0 Å². The van der Waals surface area contributed by atoms with Crippen LogP contribution in [0, 0.1) is 0 Å². The van der Waals surface area contributed by atoms with E-state index in [1.165, 1.54) is 23.0 Å². The number of rotatable bonds is 9. The molecule has 0 saturated heterocycles. The summed E-state index contributed by atoms with van der Waals surface area (Å²) < 4.78 is 13.2. The fraction of sp³-hybridized carbons (Fsp3) is 0.188. The summed E-state index contributed by atoms with van der Waals surface area (Å²) in [6.45, 7) is -0.131. The molecule has 3 aromatic carbocycles. The second kappa shape index (κ2) is 12.8. The Morgan fingerprint density at radius 3 is 2.32 bits per heavy atom. The molecule has 2 heterocycles. The summed E-state index contributed by atoms with van der Waals surface area (Å²) in [5.74, 6) is -0.930. The number of esters is 1. The number of fused-ring (bicyclic) bond motifs is 1. The molecular weight excluding hydrogens is 607 g/mol. The van der Waals surface area contributed by atoms with Crippen LogP contribution in [0.5, 0.6) is 0 Å². The molecule has 226 valence electrons. The maximum atomic E-state index is 13.5. The van der Waals surface area contributed by atoms with Gasteiger partial charge in [0, 0.05) is 33.3 Å². The molecule has 0 aliphatic rings. The van der Waals surface area contributed by atoms with E-state index >= 15 is 0 Å². The number of aromatic nitrogens is 2. The van der Waals surface area contributed by atoms with Crippen LogP contribution in [0.25, 0.3) is 16.6 Å². The van der Waals surface area contributed by atoms with Crippen LogP contribution in [0.15, 0.2) is 93.1 Å². The lowest BCUT2D eigenvalue weighted by molar-refractivity contribution is -0.147. The standard InChI is InChI=1S/C32H28Cl2N4O6/c1-36(2)21-13-14-27-23(17-21)30(40)38(32(42)37(27)3)20-11-9-19(10-12-20)16-26(31(41)44-18-22-6-5-15-43-22)35-29(39)28-24(33)7-4-8-25(28)34/h4-15,17,26H,16,18H2,1-3H3,(H,35,39)/t26-/m0/s1. The van der Waals surface area contributed by atoms with Crippen molar-refractivity contribution in [2.75, 3.05) is 19.0 Å². The highest BCUT2D eigenvalue weighted by molar-refractivity contribution is 6.39. The van der Waals surface area contributed by atoms with Gasteiger partial charge in [0.15, 0.2) is 0 Å². The summed E-state index contributed by atoms with van der Waals surface area (Å²) in [4.78, 5) is 54.9. The van der Waals surface area contributed by atoms with Crippen LogP contribution < -0.4 is 21.5 Å². The van der Waals surface area contributed by atoms with Gasteiger partial charge in [0.25, 0.3) is 11.5 Å². The number of nitrogens with one attached hydrogen (secondary N) is 1. The average Bonchev–Trinajstić information content (AvgIpc) is 3.53. The molecule has 0 fully saturated rings. The monoisotopic (exact) mass is 634 g/mol. The number of carbonyl (C=O) groups excluding carboxylic acids is 2. The van der Waals surface area contributed by atoms with Crippen molar-refractivity contribution in [3.8, 4) is 5.69 Å². The Balaban J connectivity index is 1.45. The molecule has 0 aliphatic carbocycles. The molecule has 1 atom stereocenters. The topological polar surface area (TPSA) is 116 Å². The molecule has 5 rings (SSSR count). The van der Waals surface area contributed by atoms with Crippen LogP contribution in [0.1, 0.15) is 21.7 Å². The zero-order chi connectivity index (χ0) is 31.5. The molecule has 0 saturated carbocycles. The molecule has 0 unspecified atom stereocenters. The number of hydrogen-bond donors (Lipinski definition) is 1. The number of ether oxygens (including phenoxy) is 1. The fourth-order valence-electron chi connectivity index (χ4n) is 4.75. The summed E-state index contributed by atoms with van der Waals surface area (Å²) in [6, 6.07) is 18.7. The SMILES string of the molecule is CN(C)c1ccc2c(c1)c(=O)n(-c1ccc(C[C@H](NC(=O)c3c(Cl)cccc3Cl)C(=O)OCc3ccco3)cc1)c(=O)n2C. The van der Waals surface area contributed by atoms with Gasteiger partial charge in [-0.05, 0) is 60.2 Å². The van der Waals surface area contributed by atoms with Crippen molar-refractivity contribution < 1.29 is 18.7 Å². The first-order chi connectivity index (χ1) is 21.0. The Morgan fingerprint density at radius 2 is 1.68 bits per heavy atom. The first-order valence-corrected chi connectivity index (χ1v) is 14.3. The van der Waals surface area contributed by atoms with Crippen molar-refractivity contribution >= 4 is 51.7 Å². The Kier molecular flexibility index (Phi) is 8.93. The lowest BCUT2D eigenvalue weighted by atomic mass is 10.0. The molecule has 1 N–H and O–H groups in total. The average molecular weight is 636 g/mol. The molecule has 5 aromatic rings. The van der Waals surface area contributed by atoms with E-state index in [9.17, 15) is 19.2 Å². The zero-order valence-corrected chi connectivity index (χ0v) is 25.6. The van der Waals surface area contributed by atoms with Crippen molar-refractivity contribution in [1.82, 2.24) is 14.5 Å². The number of nitrogens with zero attached hydrogens (tertiary/aromatic N) is 3. The van der Waals surface area contributed by atoms with Gasteiger partial charge >= 0.3 is 11.7 Å². The van der Waals surface area contributed by atoms with E-state index in [2.05, 4.69) is 5.32 Å². The number of furan rings is 1. The van der Waals surface area contributed by atoms with E-state index < -0.39 is 29.2 Å². The van der Waals surface area contributed by atoms with E-state index in [-0.39, 0.29) is 28.6 Å². The fourth-order valence-corrected chi connectivity index (χ4v) is 5.32. The molecule has 0 radical (unpaired) electrons. The van der Waals surface area contributed by atoms with E-state index in [1.807, 2.05) is 25.1 Å². The predicted octanol–water partition coefficient (Wildman–Crippen LogP) is 4.74. The van der Waals surface area contributed by atoms with E-state index in [1.54, 1.807) is 61.6 Å². The van der Waals surface area contributed by atoms with Gasteiger partial charge in [0.05, 0.1) is 38.5 Å². The number of hydrogen-bond acceptors (Lipinski definition) is 7. The highest BCUT2D eigenvalue weighted by Gasteiger charge is 2.26. The number of benzene rings is 3. The Hall–Kier alpha value is -4.80. The highest BCUT2D eigenvalue weighted by atomic mass is 35.5. The molecule has 0 aliphatic heterocycles. The second-order valence-corrected chi connectivity index (χ2v) is 11.1. The van der Waals surface area contributed by atoms with Gasteiger partial charge in [-0.15, -0.1) is 0 Å². The van der Waals surface area contributed by atoms with Crippen LogP contribution in [0.2, 0.25) is 10.0 Å². The maximum Gasteiger partial charge on any atom is 0.335 e. The van der Waals surface area contributed by atoms with Crippen LogP contribution in [0.3, 0.4) is 0 Å². The summed E-state index contributed by atoms with van der Waals surface area (Å²) >= 11 is 12.4. The molecule has 0 spiro atoms. The normalized spacial score (nSPS) is 11.8. The Bertz CT molecular complexity index is 1940. The van der Waals surface area contributed by atoms with Gasteiger partial charge in [-0.25, -0.2) is 14.2 Å². The Labute approximate surface area is 262 Å². The summed E-state index contributed by atoms with van der Waals surface area (Å²) in [7, 11) is 5.34. The smallest absolute Gasteiger partial charge is 0.335 e. The third-order valence-corrected chi connectivity index (χ3v) is 7.75. The van der Waals surface area contributed by atoms with E-state index in [0.717, 1.165) is 10.3 Å². The molecule has 1 amide bonds. The third-order valence-electron chi connectivity index (χ3n) is 7.12. The van der Waals surface area contributed by atoms with Gasteiger partial charge in [-0.2, -0.15) is 0 Å². The Morgan fingerprint density at radius 1 is 0.977 bits per heavy atom. The number of halogens is 2. The molecule has 2 aromatic heterocycles. The number of amides is 1. The molecule has 44 heavy (non-hydrogen) atoms. The lowest BCUT2D eigenvalue weighted by Crippen LogP contribution is -2.43. The summed E-state index contributed by atoms with van der Waals surface area (Å²) in [5, 5.41) is 3.32. The van der Waals surface area contributed by atoms with Crippen molar-refractivity contribution in [2.24, 2.45) is 7.05 Å². The van der Waals surface area contributed by atoms with Crippen molar-refractivity contribution in [3.05, 3.63) is 127 Å². The maximum absolute atomic E-state index is 13.5. The van der Waals surface area contributed by atoms with E-state index in [0.29, 0.717) is 27.9 Å². The second-order valence-electron chi connectivity index (χ2n) is 10.3. The largest absolute Gasteiger partial charge is 0.466 e. The number of aryl methyl sites for hydroxylation is 1. The molecule has 0 bridgehead atoms. The van der Waals surface area contributed by atoms with E-state index in [4.69, 9.17) is 32.4 Å². The quantitative estimate of drug-likeness (QED) is 0.233. The number of carbonyl (C=O) groups is 2. The van der Waals surface area contributed by atoms with Gasteiger partial charge in [-0.1, -0.05) is 41.4 Å². The highest BCUT2D eigenvalue weighted by Crippen LogP contribution is 2.24. The first-order valence-electron chi connectivity index (χ1n) is 13.5. The molecule has 12 heteroatoms. The zero-order valence-electron chi connectivity index (χ0n) is 24.0. The molecular formula is C32H28Cl2N4O6. The van der Waals surface area contributed by atoms with Crippen molar-refractivity contribution in [3.63, 3.8) is 0 Å². The van der Waals surface area contributed by atoms with Gasteiger partial charge in [0.1, 0.15) is 18.4 Å². The lowest BCUT2D eigenvalue weighted by Gasteiger charge is -2.19. The molecule has 10 nitrogen and oxygen atoms in total. The minimum atomic E-state index is -1.13. The third kappa shape index (κ3) is 6.27. The minimum absolute atomic E-state index is 0.0268. The van der Waals surface area contributed by atoms with Crippen molar-refractivity contribution in [2.45, 2.75) is 19.1 Å². The van der Waals surface area contributed by atoms with Gasteiger partial charge in [-0.3, -0.25) is 14.2 Å². The van der Waals surface area contributed by atoms with Crippen LogP contribution in [-0.4, -0.2) is 41.1 Å². The summed E-state index contributed by atoms with van der Waals surface area (Å²) in [5.41, 5.74) is 1.38. The van der Waals surface area contributed by atoms with Crippen LogP contribution in [-0.2, 0) is 29.6 Å². The minimum Gasteiger partial charge on any atom is -0.466 e. The summed E-state index contributed by atoms with van der Waals surface area (Å²) in [6.07, 6.45) is 1.49. The van der Waals surface area contributed by atoms with Gasteiger partial charge < -0.3 is 19.4 Å². The first kappa shape index (κ1) is 30.7. The van der Waals surface area contributed by atoms with Crippen LogP contribution >= 0.6 is 23.2 Å². The number of anilines is 1.